The molecule has 0 saturated heterocycles. The second-order valence-corrected chi connectivity index (χ2v) is 13.5. The first-order chi connectivity index (χ1) is 8.02. The molecule has 0 saturated carbocycles. The zero-order chi connectivity index (χ0) is 15.9. The maximum absolute atomic E-state index is 11.3. The first kappa shape index (κ1) is 19.3. The van der Waals surface area contributed by atoms with Gasteiger partial charge in [0, 0.05) is 12.5 Å². The van der Waals surface area contributed by atoms with Crippen LogP contribution in [0.1, 0.15) is 0 Å². The predicted molar refractivity (Wildman–Crippen MR) is 67.9 cm³/mol. The third-order valence-electron chi connectivity index (χ3n) is 1.32. The van der Waals surface area contributed by atoms with Crippen LogP contribution in [0.15, 0.2) is 0 Å². The fourth-order valence-electron chi connectivity index (χ4n) is 0.622. The Morgan fingerprint density at radius 2 is 0.895 bits per heavy atom. The van der Waals surface area contributed by atoms with Crippen LogP contribution in [0.25, 0.3) is 0 Å². The average Bonchev–Trinajstić information content (AvgIpc) is 2.10. The maximum Gasteiger partial charge on any atom is 0.313 e. The van der Waals surface area contributed by atoms with Crippen molar-refractivity contribution in [2.24, 2.45) is 0 Å². The first-order valence-electron chi connectivity index (χ1n) is 3.86. The van der Waals surface area contributed by atoms with Crippen LogP contribution in [-0.4, -0.2) is 54.3 Å². The predicted octanol–water partition coefficient (Wildman–Crippen LogP) is -1.20. The van der Waals surface area contributed by atoms with Gasteiger partial charge in [-0.3, -0.25) is 0 Å². The van der Waals surface area contributed by atoms with Gasteiger partial charge in [0.15, 0.2) is 19.7 Å². The Bertz CT molecular complexity index is 677. The summed E-state index contributed by atoms with van der Waals surface area (Å²) in [5.41, 5.74) is 0. The van der Waals surface area contributed by atoms with Gasteiger partial charge in [-0.1, -0.05) is 23.2 Å². The van der Waals surface area contributed by atoms with E-state index in [0.717, 1.165) is 0 Å². The van der Waals surface area contributed by atoms with Crippen LogP contribution in [0.4, 0.5) is 0 Å². The second-order valence-electron chi connectivity index (χ2n) is 3.26. The van der Waals surface area contributed by atoms with Gasteiger partial charge >= 0.3 is 20.2 Å². The highest BCUT2D eigenvalue weighted by molar-refractivity contribution is 8.15. The molecule has 2 atom stereocenters. The van der Waals surface area contributed by atoms with Gasteiger partial charge in [0.1, 0.15) is 0 Å². The summed E-state index contributed by atoms with van der Waals surface area (Å²) in [6.45, 7) is 0. The third-order valence-corrected chi connectivity index (χ3v) is 11.9. The molecular formula is C4H8Cl2O9S4. The lowest BCUT2D eigenvalue weighted by Crippen LogP contribution is -2.33. The average molecular weight is 399 g/mol. The van der Waals surface area contributed by atoms with Crippen molar-refractivity contribution < 1.29 is 37.3 Å². The summed E-state index contributed by atoms with van der Waals surface area (Å²) in [5.74, 6) is 0. The van der Waals surface area contributed by atoms with Gasteiger partial charge in [-0.2, -0.15) is 16.8 Å². The molecule has 15 heteroatoms. The topological polar surface area (TPSA) is 146 Å². The molecule has 0 rings (SSSR count). The largest absolute Gasteiger partial charge is 0.313 e. The minimum absolute atomic E-state index is 0.410. The summed E-state index contributed by atoms with van der Waals surface area (Å²) in [4.78, 5) is 0. The summed E-state index contributed by atoms with van der Waals surface area (Å²) < 4.78 is 86.7. The molecule has 0 aliphatic rings. The molecule has 0 fully saturated rings. The normalized spacial score (nSPS) is 17.9. The van der Waals surface area contributed by atoms with E-state index in [1.807, 2.05) is 0 Å². The Hall–Kier alpha value is 0.340. The minimum atomic E-state index is -5.34. The van der Waals surface area contributed by atoms with Crippen molar-refractivity contribution in [2.45, 2.75) is 8.08 Å². The smallest absolute Gasteiger partial charge is 0.226 e. The highest BCUT2D eigenvalue weighted by Crippen LogP contribution is 2.22. The minimum Gasteiger partial charge on any atom is -0.226 e. The number of halogens is 2. The fourth-order valence-corrected chi connectivity index (χ4v) is 6.71. The molecule has 0 aromatic rings. The van der Waals surface area contributed by atoms with Gasteiger partial charge in [0.05, 0.1) is 0 Å². The Morgan fingerprint density at radius 3 is 1.05 bits per heavy atom. The number of rotatable bonds is 6. The molecular weight excluding hydrogens is 391 g/mol. The molecule has 0 N–H and O–H groups in total. The zero-order valence-electron chi connectivity index (χ0n) is 9.22. The number of hydrogen-bond donors (Lipinski definition) is 0. The maximum atomic E-state index is 11.3. The van der Waals surface area contributed by atoms with E-state index in [1.54, 1.807) is 0 Å². The van der Waals surface area contributed by atoms with Crippen LogP contribution in [0.5, 0.6) is 0 Å². The number of alkyl halides is 2. The van der Waals surface area contributed by atoms with E-state index < -0.39 is 48.0 Å². The van der Waals surface area contributed by atoms with Crippen LogP contribution >= 0.6 is 23.2 Å². The Labute approximate surface area is 120 Å². The fraction of sp³-hybridized carbons (Fsp3) is 1.00. The molecule has 2 unspecified atom stereocenters. The van der Waals surface area contributed by atoms with Crippen LogP contribution in [-0.2, 0) is 43.5 Å². The standard InChI is InChI=1S/C4H8Cl2O9S4/c1-16(7,8)3(5)18(11,12)15-19(13,14)4(6)17(2,9)10/h3-4H,1-2H3. The molecule has 0 heterocycles. The van der Waals surface area contributed by atoms with Crippen molar-refractivity contribution in [3.05, 3.63) is 0 Å². The molecule has 0 bridgehead atoms. The van der Waals surface area contributed by atoms with Crippen LogP contribution in [0, 0.1) is 0 Å². The Morgan fingerprint density at radius 1 is 0.684 bits per heavy atom. The van der Waals surface area contributed by atoms with E-state index in [9.17, 15) is 33.7 Å². The summed E-state index contributed by atoms with van der Waals surface area (Å²) >= 11 is 10.0. The summed E-state index contributed by atoms with van der Waals surface area (Å²) in [7, 11) is -19.5. The molecule has 0 aromatic heterocycles. The van der Waals surface area contributed by atoms with E-state index in [0.29, 0.717) is 12.5 Å². The van der Waals surface area contributed by atoms with Gasteiger partial charge in [-0.15, -0.1) is 3.63 Å². The van der Waals surface area contributed by atoms with Crippen molar-refractivity contribution in [1.82, 2.24) is 0 Å². The van der Waals surface area contributed by atoms with Crippen LogP contribution < -0.4 is 0 Å². The second kappa shape index (κ2) is 5.61. The van der Waals surface area contributed by atoms with Gasteiger partial charge in [0.2, 0.25) is 0 Å². The first-order valence-corrected chi connectivity index (χ1v) is 11.6. The number of hydrogen-bond acceptors (Lipinski definition) is 9. The molecule has 116 valence electrons. The van der Waals surface area contributed by atoms with Crippen LogP contribution in [0.2, 0.25) is 0 Å². The van der Waals surface area contributed by atoms with E-state index in [4.69, 9.17) is 23.2 Å². The van der Waals surface area contributed by atoms with Crippen molar-refractivity contribution in [1.29, 1.82) is 0 Å². The van der Waals surface area contributed by atoms with E-state index in [2.05, 4.69) is 3.63 Å². The lowest BCUT2D eigenvalue weighted by atomic mass is 11.8. The highest BCUT2D eigenvalue weighted by Gasteiger charge is 2.43. The van der Waals surface area contributed by atoms with Crippen molar-refractivity contribution in [2.75, 3.05) is 12.5 Å². The monoisotopic (exact) mass is 398 g/mol. The Balaban J connectivity index is 5.62. The summed E-state index contributed by atoms with van der Waals surface area (Å²) in [5, 5.41) is 0. The van der Waals surface area contributed by atoms with Crippen molar-refractivity contribution in [3.8, 4) is 0 Å². The lowest BCUT2D eigenvalue weighted by Gasteiger charge is -2.11. The highest BCUT2D eigenvalue weighted by atomic mass is 35.5. The van der Waals surface area contributed by atoms with Crippen LogP contribution in [0.3, 0.4) is 0 Å². The third kappa shape index (κ3) is 5.32. The zero-order valence-corrected chi connectivity index (χ0v) is 14.0. The molecule has 0 aromatic carbocycles. The van der Waals surface area contributed by atoms with Gasteiger partial charge in [0.25, 0.3) is 8.08 Å². The molecule has 0 aliphatic heterocycles. The van der Waals surface area contributed by atoms with Gasteiger partial charge in [-0.25, -0.2) is 16.8 Å². The van der Waals surface area contributed by atoms with Crippen molar-refractivity contribution in [3.63, 3.8) is 0 Å². The van der Waals surface area contributed by atoms with Gasteiger partial charge < -0.3 is 0 Å². The van der Waals surface area contributed by atoms with Crippen molar-refractivity contribution >= 4 is 63.1 Å². The quantitative estimate of drug-likeness (QED) is 0.502. The molecule has 0 aliphatic carbocycles. The molecule has 19 heavy (non-hydrogen) atoms. The molecule has 0 spiro atoms. The Kier molecular flexibility index (Phi) is 5.71. The number of sulfone groups is 2. The van der Waals surface area contributed by atoms with E-state index in [-0.39, 0.29) is 0 Å². The van der Waals surface area contributed by atoms with E-state index >= 15 is 0 Å². The lowest BCUT2D eigenvalue weighted by molar-refractivity contribution is 0.464. The summed E-state index contributed by atoms with van der Waals surface area (Å²) in [6, 6.07) is 0. The summed E-state index contributed by atoms with van der Waals surface area (Å²) in [6.07, 6.45) is 0.819. The van der Waals surface area contributed by atoms with Gasteiger partial charge in [-0.05, 0) is 0 Å². The van der Waals surface area contributed by atoms with E-state index in [1.165, 1.54) is 0 Å². The molecule has 0 amide bonds. The SMILES string of the molecule is CS(=O)(=O)C(Cl)S(=O)(=O)OS(=O)(=O)C(Cl)S(C)(=O)=O. The molecule has 9 nitrogen and oxygen atoms in total. The molecule has 0 radical (unpaired) electrons.